The number of urea groups is 1. The minimum absolute atomic E-state index is 0.207. The first-order chi connectivity index (χ1) is 18.4. The smallest absolute Gasteiger partial charge is 0.318 e. The molecule has 208 valence electrons. The topological polar surface area (TPSA) is 148 Å². The summed E-state index contributed by atoms with van der Waals surface area (Å²) in [5.41, 5.74) is -0.287. The molecule has 0 spiro atoms. The number of rotatable bonds is 9. The summed E-state index contributed by atoms with van der Waals surface area (Å²) in [7, 11) is -3.94. The molecule has 1 aromatic heterocycles. The van der Waals surface area contributed by atoms with Gasteiger partial charge in [0.1, 0.15) is 17.1 Å². The first-order valence-corrected chi connectivity index (χ1v) is 14.4. The van der Waals surface area contributed by atoms with Gasteiger partial charge in [-0.15, -0.1) is 0 Å². The monoisotopic (exact) mass is 576 g/mol. The number of ether oxygens (including phenoxy) is 1. The zero-order valence-electron chi connectivity index (χ0n) is 21.5. The van der Waals surface area contributed by atoms with E-state index < -0.39 is 50.6 Å². The van der Waals surface area contributed by atoms with Gasteiger partial charge in [-0.3, -0.25) is 9.59 Å². The molecule has 1 aliphatic heterocycles. The Bertz CT molecular complexity index is 1450. The molecule has 1 fully saturated rings. The van der Waals surface area contributed by atoms with Crippen LogP contribution in [0.15, 0.2) is 52.9 Å². The maximum Gasteiger partial charge on any atom is 0.318 e. The maximum absolute atomic E-state index is 13.4. The number of nitrogens with zero attached hydrogens (tertiary/aromatic N) is 2. The van der Waals surface area contributed by atoms with E-state index in [9.17, 15) is 22.8 Å². The van der Waals surface area contributed by atoms with Gasteiger partial charge >= 0.3 is 6.03 Å². The van der Waals surface area contributed by atoms with E-state index in [2.05, 4.69) is 15.6 Å². The lowest BCUT2D eigenvalue weighted by Crippen LogP contribution is -2.60. The molecule has 0 aliphatic carbocycles. The van der Waals surface area contributed by atoms with Gasteiger partial charge in [0.15, 0.2) is 15.4 Å². The molecule has 2 heterocycles. The van der Waals surface area contributed by atoms with Gasteiger partial charge < -0.3 is 24.7 Å². The molecule has 4 rings (SSSR count). The fraction of sp³-hybridized carbons (Fsp3) is 0.385. The highest BCUT2D eigenvalue weighted by Gasteiger charge is 2.38. The van der Waals surface area contributed by atoms with Crippen LogP contribution >= 0.6 is 11.6 Å². The number of benzene rings is 2. The van der Waals surface area contributed by atoms with Crippen LogP contribution in [0.2, 0.25) is 5.02 Å². The fourth-order valence-electron chi connectivity index (χ4n) is 4.04. The highest BCUT2D eigenvalue weighted by Crippen LogP contribution is 2.21. The Morgan fingerprint density at radius 2 is 1.74 bits per heavy atom. The number of nitrogens with one attached hydrogen (secondary N) is 2. The van der Waals surface area contributed by atoms with Crippen LogP contribution in [0.25, 0.3) is 11.1 Å². The van der Waals surface area contributed by atoms with Gasteiger partial charge in [0.2, 0.25) is 11.7 Å². The van der Waals surface area contributed by atoms with E-state index in [0.29, 0.717) is 29.9 Å². The quantitative estimate of drug-likeness (QED) is 0.369. The van der Waals surface area contributed by atoms with Gasteiger partial charge in [-0.1, -0.05) is 41.9 Å². The minimum atomic E-state index is -3.94. The predicted molar refractivity (Wildman–Crippen MR) is 144 cm³/mol. The number of morpholine rings is 1. The summed E-state index contributed by atoms with van der Waals surface area (Å²) in [5, 5.41) is 5.36. The minimum Gasteiger partial charge on any atom is -0.434 e. The maximum atomic E-state index is 13.4. The second-order valence-electron chi connectivity index (χ2n) is 9.68. The lowest BCUT2D eigenvalue weighted by atomic mass is 9.98. The standard InChI is InChI=1S/C26H29ClN4O7S/c1-26(2,22(32)24-28-19-9-5-6-10-21(19)38-24)30-23(33)20(29-25(34)31-11-13-37-14-12-31)16-39(35,36)15-17-7-3-4-8-18(17)27/h3-10,20H,11-16H2,1-2H3,(H,29,34)(H,30,33). The highest BCUT2D eigenvalue weighted by molar-refractivity contribution is 7.90. The van der Waals surface area contributed by atoms with E-state index in [0.717, 1.165) is 0 Å². The number of hydrogen-bond acceptors (Lipinski definition) is 8. The summed E-state index contributed by atoms with van der Waals surface area (Å²) in [4.78, 5) is 45.2. The van der Waals surface area contributed by atoms with E-state index in [1.807, 2.05) is 0 Å². The molecule has 39 heavy (non-hydrogen) atoms. The number of sulfone groups is 1. The summed E-state index contributed by atoms with van der Waals surface area (Å²) in [6.07, 6.45) is 0. The molecular weight excluding hydrogens is 548 g/mol. The lowest BCUT2D eigenvalue weighted by Gasteiger charge is -2.30. The molecule has 1 aliphatic rings. The Morgan fingerprint density at radius 3 is 2.44 bits per heavy atom. The number of para-hydroxylation sites is 2. The number of ketones is 1. The van der Waals surface area contributed by atoms with Crippen molar-refractivity contribution in [1.29, 1.82) is 0 Å². The molecule has 1 unspecified atom stereocenters. The molecule has 0 radical (unpaired) electrons. The third-order valence-electron chi connectivity index (χ3n) is 6.16. The number of hydrogen-bond donors (Lipinski definition) is 2. The molecule has 2 aromatic carbocycles. The second kappa shape index (κ2) is 11.7. The van der Waals surface area contributed by atoms with Crippen LogP contribution in [0.1, 0.15) is 30.1 Å². The first-order valence-electron chi connectivity index (χ1n) is 12.2. The summed E-state index contributed by atoms with van der Waals surface area (Å²) in [5.74, 6) is -2.83. The van der Waals surface area contributed by atoms with Gasteiger partial charge in [-0.05, 0) is 37.6 Å². The number of carbonyl (C=O) groups is 3. The van der Waals surface area contributed by atoms with Crippen molar-refractivity contribution >= 4 is 50.3 Å². The Morgan fingerprint density at radius 1 is 1.08 bits per heavy atom. The average Bonchev–Trinajstić information content (AvgIpc) is 3.33. The van der Waals surface area contributed by atoms with Crippen molar-refractivity contribution in [3.05, 3.63) is 65.0 Å². The first kappa shape index (κ1) is 28.5. The van der Waals surface area contributed by atoms with Crippen LogP contribution in [-0.2, 0) is 25.1 Å². The van der Waals surface area contributed by atoms with Gasteiger partial charge in [0.05, 0.1) is 24.7 Å². The third kappa shape index (κ3) is 7.14. The molecule has 1 saturated heterocycles. The van der Waals surface area contributed by atoms with Crippen LogP contribution < -0.4 is 10.6 Å². The highest BCUT2D eigenvalue weighted by atomic mass is 35.5. The summed E-state index contributed by atoms with van der Waals surface area (Å²) >= 11 is 6.14. The summed E-state index contributed by atoms with van der Waals surface area (Å²) in [6, 6.07) is 11.2. The van der Waals surface area contributed by atoms with Gasteiger partial charge in [-0.25, -0.2) is 18.2 Å². The van der Waals surface area contributed by atoms with Gasteiger partial charge in [-0.2, -0.15) is 0 Å². The molecule has 3 aromatic rings. The zero-order valence-corrected chi connectivity index (χ0v) is 23.0. The number of oxazole rings is 1. The number of fused-ring (bicyclic) bond motifs is 1. The zero-order chi connectivity index (χ0) is 28.2. The lowest BCUT2D eigenvalue weighted by molar-refractivity contribution is -0.123. The van der Waals surface area contributed by atoms with Gasteiger partial charge in [0, 0.05) is 18.1 Å². The van der Waals surface area contributed by atoms with Crippen molar-refractivity contribution in [1.82, 2.24) is 20.5 Å². The predicted octanol–water partition coefficient (Wildman–Crippen LogP) is 2.58. The van der Waals surface area contributed by atoms with E-state index in [-0.39, 0.29) is 24.0 Å². The van der Waals surface area contributed by atoms with Crippen LogP contribution in [0.3, 0.4) is 0 Å². The van der Waals surface area contributed by atoms with E-state index >= 15 is 0 Å². The Balaban J connectivity index is 1.54. The number of carbonyl (C=O) groups excluding carboxylic acids is 3. The average molecular weight is 577 g/mol. The second-order valence-corrected chi connectivity index (χ2v) is 12.2. The van der Waals surface area contributed by atoms with E-state index in [4.69, 9.17) is 20.8 Å². The largest absolute Gasteiger partial charge is 0.434 e. The number of halogens is 1. The molecular formula is C26H29ClN4O7S. The van der Waals surface area contributed by atoms with E-state index in [1.54, 1.807) is 48.5 Å². The molecule has 0 bridgehead atoms. The van der Waals surface area contributed by atoms with Crippen LogP contribution in [0.4, 0.5) is 4.79 Å². The van der Waals surface area contributed by atoms with Crippen molar-refractivity contribution in [3.8, 4) is 0 Å². The van der Waals surface area contributed by atoms with Crippen LogP contribution in [0.5, 0.6) is 0 Å². The molecule has 13 heteroatoms. The Kier molecular flexibility index (Phi) is 8.57. The van der Waals surface area contributed by atoms with Crippen molar-refractivity contribution in [2.75, 3.05) is 32.1 Å². The van der Waals surface area contributed by atoms with E-state index in [1.165, 1.54) is 18.7 Å². The molecule has 1 atom stereocenters. The SMILES string of the molecule is CC(C)(NC(=O)C(CS(=O)(=O)Cc1ccccc1Cl)NC(=O)N1CCOCC1)C(=O)c1nc2ccccc2o1. The fourth-order valence-corrected chi connectivity index (χ4v) is 5.91. The Labute approximate surface area is 230 Å². The number of aromatic nitrogens is 1. The number of Topliss-reactive ketones (excluding diaryl/α,β-unsaturated/α-hetero) is 1. The summed E-state index contributed by atoms with van der Waals surface area (Å²) in [6.45, 7) is 4.10. The van der Waals surface area contributed by atoms with Crippen molar-refractivity contribution in [2.24, 2.45) is 0 Å². The third-order valence-corrected chi connectivity index (χ3v) is 8.12. The van der Waals surface area contributed by atoms with Crippen molar-refractivity contribution < 1.29 is 32.0 Å². The number of amides is 3. The van der Waals surface area contributed by atoms with Crippen LogP contribution in [-0.4, -0.2) is 79.7 Å². The van der Waals surface area contributed by atoms with Crippen molar-refractivity contribution in [2.45, 2.75) is 31.2 Å². The Hall–Kier alpha value is -3.48. The van der Waals surface area contributed by atoms with Gasteiger partial charge in [0.25, 0.3) is 5.89 Å². The van der Waals surface area contributed by atoms with Crippen molar-refractivity contribution in [3.63, 3.8) is 0 Å². The summed E-state index contributed by atoms with van der Waals surface area (Å²) < 4.78 is 37.1. The molecule has 2 N–H and O–H groups in total. The molecule has 0 saturated carbocycles. The van der Waals surface area contributed by atoms with Crippen LogP contribution in [0, 0.1) is 0 Å². The normalized spacial score (nSPS) is 15.1. The molecule has 11 nitrogen and oxygen atoms in total. The molecule has 3 amide bonds.